The van der Waals surface area contributed by atoms with Crippen LogP contribution >= 0.6 is 23.5 Å². The molecule has 0 aliphatic carbocycles. The Kier molecular flexibility index (Phi) is 6.32. The van der Waals surface area contributed by atoms with Crippen LogP contribution in [0.1, 0.15) is 25.5 Å². The Bertz CT molecular complexity index is 297. The van der Waals surface area contributed by atoms with Gasteiger partial charge in [-0.05, 0) is 44.1 Å². The second-order valence-corrected chi connectivity index (χ2v) is 5.81. The number of rotatable bonds is 6. The average Bonchev–Trinajstić information content (AvgIpc) is 2.29. The SMILES string of the molecule is CSCC(C)NC(C)c1ccc(SC)cc1. The molecule has 0 saturated heterocycles. The minimum Gasteiger partial charge on any atom is -0.307 e. The van der Waals surface area contributed by atoms with Crippen LogP contribution in [0.3, 0.4) is 0 Å². The van der Waals surface area contributed by atoms with Crippen molar-refractivity contribution < 1.29 is 0 Å². The molecule has 0 heterocycles. The van der Waals surface area contributed by atoms with Crippen LogP contribution < -0.4 is 5.32 Å². The van der Waals surface area contributed by atoms with Gasteiger partial charge in [-0.25, -0.2) is 0 Å². The largest absolute Gasteiger partial charge is 0.307 e. The van der Waals surface area contributed by atoms with E-state index < -0.39 is 0 Å². The van der Waals surface area contributed by atoms with E-state index >= 15 is 0 Å². The fourth-order valence-corrected chi connectivity index (χ4v) is 2.72. The van der Waals surface area contributed by atoms with Crippen molar-refractivity contribution in [1.29, 1.82) is 0 Å². The van der Waals surface area contributed by atoms with E-state index in [0.29, 0.717) is 12.1 Å². The maximum absolute atomic E-state index is 3.61. The van der Waals surface area contributed by atoms with Crippen LogP contribution in [0.4, 0.5) is 0 Å². The van der Waals surface area contributed by atoms with Gasteiger partial charge in [-0.1, -0.05) is 12.1 Å². The first kappa shape index (κ1) is 13.9. The molecular weight excluding hydrogens is 234 g/mol. The zero-order valence-corrected chi connectivity index (χ0v) is 12.1. The highest BCUT2D eigenvalue weighted by Crippen LogP contribution is 2.19. The molecule has 0 amide bonds. The molecule has 1 rings (SSSR count). The lowest BCUT2D eigenvalue weighted by Gasteiger charge is -2.19. The third-order valence-electron chi connectivity index (χ3n) is 2.57. The molecule has 16 heavy (non-hydrogen) atoms. The summed E-state index contributed by atoms with van der Waals surface area (Å²) in [5, 5.41) is 3.61. The van der Waals surface area contributed by atoms with Gasteiger partial charge >= 0.3 is 0 Å². The maximum Gasteiger partial charge on any atom is 0.0294 e. The molecule has 1 N–H and O–H groups in total. The van der Waals surface area contributed by atoms with Crippen LogP contribution in [0.25, 0.3) is 0 Å². The first-order valence-electron chi connectivity index (χ1n) is 5.56. The predicted octanol–water partition coefficient (Wildman–Crippen LogP) is 3.81. The highest BCUT2D eigenvalue weighted by molar-refractivity contribution is 7.98. The fraction of sp³-hybridized carbons (Fsp3) is 0.538. The molecule has 2 atom stereocenters. The van der Waals surface area contributed by atoms with Crippen molar-refractivity contribution in [2.45, 2.75) is 30.8 Å². The molecule has 0 aliphatic heterocycles. The topological polar surface area (TPSA) is 12.0 Å². The molecule has 0 aromatic heterocycles. The van der Waals surface area contributed by atoms with Crippen LogP contribution in [0.2, 0.25) is 0 Å². The Morgan fingerprint density at radius 1 is 1.12 bits per heavy atom. The first-order chi connectivity index (χ1) is 7.67. The monoisotopic (exact) mass is 255 g/mol. The quantitative estimate of drug-likeness (QED) is 0.776. The van der Waals surface area contributed by atoms with Crippen molar-refractivity contribution in [1.82, 2.24) is 5.32 Å². The van der Waals surface area contributed by atoms with Crippen molar-refractivity contribution in [3.05, 3.63) is 29.8 Å². The Morgan fingerprint density at radius 3 is 2.25 bits per heavy atom. The number of benzene rings is 1. The van der Waals surface area contributed by atoms with E-state index in [1.807, 2.05) is 11.8 Å². The molecule has 3 heteroatoms. The second-order valence-electron chi connectivity index (χ2n) is 4.02. The lowest BCUT2D eigenvalue weighted by atomic mass is 10.1. The Balaban J connectivity index is 2.55. The summed E-state index contributed by atoms with van der Waals surface area (Å²) >= 11 is 3.67. The molecule has 0 spiro atoms. The van der Waals surface area contributed by atoms with Gasteiger partial charge < -0.3 is 5.32 Å². The number of hydrogen-bond donors (Lipinski definition) is 1. The number of thioether (sulfide) groups is 2. The van der Waals surface area contributed by atoms with E-state index in [0.717, 1.165) is 5.75 Å². The molecule has 0 fully saturated rings. The first-order valence-corrected chi connectivity index (χ1v) is 8.18. The van der Waals surface area contributed by atoms with Gasteiger partial charge in [0.25, 0.3) is 0 Å². The minimum absolute atomic E-state index is 0.429. The summed E-state index contributed by atoms with van der Waals surface area (Å²) in [6.07, 6.45) is 4.26. The van der Waals surface area contributed by atoms with Crippen LogP contribution in [-0.2, 0) is 0 Å². The lowest BCUT2D eigenvalue weighted by Crippen LogP contribution is -2.30. The summed E-state index contributed by atoms with van der Waals surface area (Å²) < 4.78 is 0. The third-order valence-corrected chi connectivity index (χ3v) is 4.14. The maximum atomic E-state index is 3.61. The summed E-state index contributed by atoms with van der Waals surface area (Å²) in [6, 6.07) is 9.81. The van der Waals surface area contributed by atoms with Gasteiger partial charge in [0.1, 0.15) is 0 Å². The molecule has 0 aliphatic rings. The van der Waals surface area contributed by atoms with Crippen LogP contribution in [0, 0.1) is 0 Å². The Morgan fingerprint density at radius 2 is 1.75 bits per heavy atom. The van der Waals surface area contributed by atoms with Gasteiger partial charge in [0.2, 0.25) is 0 Å². The summed E-state index contributed by atoms with van der Waals surface area (Å²) in [5.74, 6) is 1.16. The summed E-state index contributed by atoms with van der Waals surface area (Å²) in [5.41, 5.74) is 1.37. The molecule has 0 radical (unpaired) electrons. The molecular formula is C13H21NS2. The third kappa shape index (κ3) is 4.40. The molecule has 0 saturated carbocycles. The van der Waals surface area contributed by atoms with Crippen molar-refractivity contribution in [2.75, 3.05) is 18.3 Å². The van der Waals surface area contributed by atoms with E-state index in [2.05, 4.69) is 55.9 Å². The van der Waals surface area contributed by atoms with Gasteiger partial charge in [-0.15, -0.1) is 11.8 Å². The Labute approximate surface area is 108 Å². The van der Waals surface area contributed by atoms with Gasteiger partial charge in [0.15, 0.2) is 0 Å². The molecule has 90 valence electrons. The van der Waals surface area contributed by atoms with Gasteiger partial charge in [0, 0.05) is 22.7 Å². The van der Waals surface area contributed by atoms with Crippen molar-refractivity contribution in [2.24, 2.45) is 0 Å². The summed E-state index contributed by atoms with van der Waals surface area (Å²) in [4.78, 5) is 1.33. The Hall–Kier alpha value is -0.120. The molecule has 0 bridgehead atoms. The predicted molar refractivity (Wildman–Crippen MR) is 77.6 cm³/mol. The van der Waals surface area contributed by atoms with Crippen LogP contribution in [-0.4, -0.2) is 24.3 Å². The summed E-state index contributed by atoms with van der Waals surface area (Å²) in [7, 11) is 0. The van der Waals surface area contributed by atoms with Crippen molar-refractivity contribution >= 4 is 23.5 Å². The van der Waals surface area contributed by atoms with E-state index in [-0.39, 0.29) is 0 Å². The molecule has 1 nitrogen and oxygen atoms in total. The fourth-order valence-electron chi connectivity index (χ4n) is 1.71. The van der Waals surface area contributed by atoms with Gasteiger partial charge in [-0.2, -0.15) is 11.8 Å². The van der Waals surface area contributed by atoms with E-state index in [9.17, 15) is 0 Å². The highest BCUT2D eigenvalue weighted by Gasteiger charge is 2.08. The van der Waals surface area contributed by atoms with Crippen molar-refractivity contribution in [3.63, 3.8) is 0 Å². The number of hydrogen-bond acceptors (Lipinski definition) is 3. The normalized spacial score (nSPS) is 14.8. The smallest absolute Gasteiger partial charge is 0.0294 e. The summed E-state index contributed by atoms with van der Waals surface area (Å²) in [6.45, 7) is 4.47. The standard InChI is InChI=1S/C13H21NS2/c1-10(9-15-3)14-11(2)12-5-7-13(16-4)8-6-12/h5-8,10-11,14H,9H2,1-4H3. The number of nitrogens with one attached hydrogen (secondary N) is 1. The van der Waals surface area contributed by atoms with Gasteiger partial charge in [0.05, 0.1) is 0 Å². The molecule has 1 aromatic rings. The van der Waals surface area contributed by atoms with E-state index in [4.69, 9.17) is 0 Å². The average molecular weight is 255 g/mol. The van der Waals surface area contributed by atoms with Crippen LogP contribution in [0.15, 0.2) is 29.2 Å². The van der Waals surface area contributed by atoms with Crippen LogP contribution in [0.5, 0.6) is 0 Å². The van der Waals surface area contributed by atoms with E-state index in [1.54, 1.807) is 11.8 Å². The van der Waals surface area contributed by atoms with E-state index in [1.165, 1.54) is 10.5 Å². The molecule has 2 unspecified atom stereocenters. The zero-order chi connectivity index (χ0) is 12.0. The van der Waals surface area contributed by atoms with Crippen molar-refractivity contribution in [3.8, 4) is 0 Å². The highest BCUT2D eigenvalue weighted by atomic mass is 32.2. The van der Waals surface area contributed by atoms with Gasteiger partial charge in [-0.3, -0.25) is 0 Å². The zero-order valence-electron chi connectivity index (χ0n) is 10.5. The second kappa shape index (κ2) is 7.25. The molecule has 1 aromatic carbocycles. The minimum atomic E-state index is 0.429. The lowest BCUT2D eigenvalue weighted by molar-refractivity contribution is 0.511.